The van der Waals surface area contributed by atoms with Crippen LogP contribution in [-0.2, 0) is 17.8 Å². The summed E-state index contributed by atoms with van der Waals surface area (Å²) in [5.41, 5.74) is 1.79. The van der Waals surface area contributed by atoms with Gasteiger partial charge in [-0.3, -0.25) is 4.79 Å². The molecule has 2 heterocycles. The summed E-state index contributed by atoms with van der Waals surface area (Å²) in [6.45, 7) is 6.82. The molecule has 0 aromatic carbocycles. The van der Waals surface area contributed by atoms with Gasteiger partial charge in [-0.2, -0.15) is 0 Å². The highest BCUT2D eigenvalue weighted by molar-refractivity contribution is 7.10. The highest BCUT2D eigenvalue weighted by atomic mass is 32.1. The number of nitrogens with one attached hydrogen (secondary N) is 1. The molecule has 20 heavy (non-hydrogen) atoms. The van der Waals surface area contributed by atoms with Crippen LogP contribution in [0.15, 0.2) is 11.4 Å². The number of carbonyl (C=O) groups is 1. The van der Waals surface area contributed by atoms with Crippen LogP contribution in [0.25, 0.3) is 0 Å². The van der Waals surface area contributed by atoms with Crippen LogP contribution in [0.5, 0.6) is 0 Å². The predicted molar refractivity (Wildman–Crippen MR) is 82.9 cm³/mol. The second-order valence-electron chi connectivity index (χ2n) is 6.92. The number of rotatable bonds is 3. The van der Waals surface area contributed by atoms with Gasteiger partial charge in [0, 0.05) is 24.0 Å². The minimum absolute atomic E-state index is 0.256. The van der Waals surface area contributed by atoms with E-state index in [0.29, 0.717) is 18.0 Å². The minimum atomic E-state index is 0.256. The lowest BCUT2D eigenvalue weighted by Crippen LogP contribution is -2.43. The maximum absolute atomic E-state index is 12.3. The zero-order valence-corrected chi connectivity index (χ0v) is 13.3. The molecule has 0 radical (unpaired) electrons. The molecule has 3 nitrogen and oxygen atoms in total. The summed E-state index contributed by atoms with van der Waals surface area (Å²) in [5.74, 6) is 0.256. The van der Waals surface area contributed by atoms with Crippen molar-refractivity contribution in [3.8, 4) is 0 Å². The topological polar surface area (TPSA) is 32.3 Å². The Morgan fingerprint density at radius 3 is 3.15 bits per heavy atom. The van der Waals surface area contributed by atoms with Gasteiger partial charge in [0.15, 0.2) is 0 Å². The van der Waals surface area contributed by atoms with E-state index >= 15 is 0 Å². The zero-order chi connectivity index (χ0) is 14.2. The summed E-state index contributed by atoms with van der Waals surface area (Å²) in [6, 6.07) is 2.68. The number of fused-ring (bicyclic) bond motifs is 1. The smallest absolute Gasteiger partial charge is 0.236 e. The molecule has 1 aliphatic heterocycles. The number of hydrogen-bond donors (Lipinski definition) is 1. The first-order valence-corrected chi connectivity index (χ1v) is 8.48. The van der Waals surface area contributed by atoms with Gasteiger partial charge in [0.2, 0.25) is 5.91 Å². The molecule has 1 aliphatic carbocycles. The van der Waals surface area contributed by atoms with Gasteiger partial charge in [0.05, 0.1) is 6.54 Å². The van der Waals surface area contributed by atoms with Gasteiger partial charge in [0.25, 0.3) is 0 Å². The van der Waals surface area contributed by atoms with Gasteiger partial charge in [-0.15, -0.1) is 11.3 Å². The monoisotopic (exact) mass is 292 g/mol. The summed E-state index contributed by atoms with van der Waals surface area (Å²) >= 11 is 1.82. The first-order valence-electron chi connectivity index (χ1n) is 7.60. The largest absolute Gasteiger partial charge is 0.337 e. The Bertz CT molecular complexity index is 494. The highest BCUT2D eigenvalue weighted by Crippen LogP contribution is 2.36. The fraction of sp³-hybridized carbons (Fsp3) is 0.688. The number of amides is 1. The van der Waals surface area contributed by atoms with E-state index in [1.54, 1.807) is 0 Å². The van der Waals surface area contributed by atoms with Crippen molar-refractivity contribution < 1.29 is 4.79 Å². The lowest BCUT2D eigenvalue weighted by Gasteiger charge is -2.28. The summed E-state index contributed by atoms with van der Waals surface area (Å²) < 4.78 is 0. The van der Waals surface area contributed by atoms with Crippen molar-refractivity contribution in [2.75, 3.05) is 13.1 Å². The minimum Gasteiger partial charge on any atom is -0.337 e. The molecule has 1 aromatic heterocycles. The van der Waals surface area contributed by atoms with Crippen LogP contribution in [0.4, 0.5) is 0 Å². The lowest BCUT2D eigenvalue weighted by atomic mass is 9.92. The van der Waals surface area contributed by atoms with E-state index in [1.807, 2.05) is 16.2 Å². The Morgan fingerprint density at radius 2 is 2.40 bits per heavy atom. The fourth-order valence-electron chi connectivity index (χ4n) is 3.42. The third-order valence-corrected chi connectivity index (χ3v) is 5.69. The van der Waals surface area contributed by atoms with Crippen molar-refractivity contribution in [2.45, 2.75) is 52.1 Å². The van der Waals surface area contributed by atoms with Crippen molar-refractivity contribution in [3.63, 3.8) is 0 Å². The Kier molecular flexibility index (Phi) is 3.87. The Labute approximate surface area is 125 Å². The molecule has 2 aliphatic rings. The Hall–Kier alpha value is -0.870. The van der Waals surface area contributed by atoms with Crippen LogP contribution in [-0.4, -0.2) is 29.9 Å². The zero-order valence-electron chi connectivity index (χ0n) is 12.4. The second kappa shape index (κ2) is 5.49. The van der Waals surface area contributed by atoms with Gasteiger partial charge in [-0.1, -0.05) is 13.8 Å². The number of carbonyl (C=O) groups excluding carboxylic acids is 1. The number of nitrogens with zero attached hydrogens (tertiary/aromatic N) is 1. The van der Waals surface area contributed by atoms with Crippen molar-refractivity contribution >= 4 is 17.2 Å². The normalized spacial score (nSPS) is 24.7. The van der Waals surface area contributed by atoms with Crippen molar-refractivity contribution in [1.82, 2.24) is 10.2 Å². The molecule has 4 heteroatoms. The quantitative estimate of drug-likeness (QED) is 0.929. The van der Waals surface area contributed by atoms with E-state index in [2.05, 4.69) is 30.6 Å². The van der Waals surface area contributed by atoms with Crippen LogP contribution >= 0.6 is 11.3 Å². The molecular formula is C16H24N2OS. The van der Waals surface area contributed by atoms with E-state index in [-0.39, 0.29) is 5.91 Å². The molecule has 1 amide bonds. The standard InChI is InChI=1S/C16H24N2OS/c1-16(2)6-3-13(9-16)17-10-15(19)18-7-4-14-12(11-18)5-8-20-14/h5,8,13,17H,3-4,6-7,9-11H2,1-2H3. The lowest BCUT2D eigenvalue weighted by molar-refractivity contribution is -0.131. The maximum atomic E-state index is 12.3. The predicted octanol–water partition coefficient (Wildman–Crippen LogP) is 2.80. The van der Waals surface area contributed by atoms with E-state index in [0.717, 1.165) is 19.5 Å². The molecule has 1 fully saturated rings. The fourth-order valence-corrected chi connectivity index (χ4v) is 4.30. The second-order valence-corrected chi connectivity index (χ2v) is 7.92. The van der Waals surface area contributed by atoms with Crippen molar-refractivity contribution in [2.24, 2.45) is 5.41 Å². The van der Waals surface area contributed by atoms with Crippen molar-refractivity contribution in [1.29, 1.82) is 0 Å². The van der Waals surface area contributed by atoms with Crippen molar-refractivity contribution in [3.05, 3.63) is 21.9 Å². The van der Waals surface area contributed by atoms with Gasteiger partial charge in [0.1, 0.15) is 0 Å². The number of thiophene rings is 1. The summed E-state index contributed by atoms with van der Waals surface area (Å²) in [5, 5.41) is 5.60. The van der Waals surface area contributed by atoms with Crippen LogP contribution < -0.4 is 5.32 Å². The molecule has 1 unspecified atom stereocenters. The van der Waals surface area contributed by atoms with Crippen LogP contribution in [0.1, 0.15) is 43.6 Å². The van der Waals surface area contributed by atoms with Gasteiger partial charge >= 0.3 is 0 Å². The number of hydrogen-bond acceptors (Lipinski definition) is 3. The summed E-state index contributed by atoms with van der Waals surface area (Å²) in [7, 11) is 0. The molecular weight excluding hydrogens is 268 g/mol. The van der Waals surface area contributed by atoms with Gasteiger partial charge in [-0.05, 0) is 48.1 Å². The van der Waals surface area contributed by atoms with E-state index in [9.17, 15) is 4.79 Å². The SMILES string of the molecule is CC1(C)CCC(NCC(=O)N2CCc3sccc3C2)C1. The average Bonchev–Trinajstić information content (AvgIpc) is 3.01. The molecule has 1 N–H and O–H groups in total. The molecule has 0 spiro atoms. The van der Waals surface area contributed by atoms with Gasteiger partial charge in [-0.25, -0.2) is 0 Å². The third kappa shape index (κ3) is 3.07. The van der Waals surface area contributed by atoms with E-state index in [1.165, 1.54) is 29.7 Å². The Morgan fingerprint density at radius 1 is 1.55 bits per heavy atom. The first kappa shape index (κ1) is 14.1. The van der Waals surface area contributed by atoms with Crippen LogP contribution in [0, 0.1) is 5.41 Å². The molecule has 110 valence electrons. The van der Waals surface area contributed by atoms with Crippen LogP contribution in [0.2, 0.25) is 0 Å². The average molecular weight is 292 g/mol. The highest BCUT2D eigenvalue weighted by Gasteiger charge is 2.31. The molecule has 3 rings (SSSR count). The van der Waals surface area contributed by atoms with Crippen LogP contribution in [0.3, 0.4) is 0 Å². The van der Waals surface area contributed by atoms with E-state index in [4.69, 9.17) is 0 Å². The third-order valence-electron chi connectivity index (χ3n) is 4.67. The maximum Gasteiger partial charge on any atom is 0.236 e. The molecule has 0 saturated heterocycles. The summed E-state index contributed by atoms with van der Waals surface area (Å²) in [4.78, 5) is 15.8. The molecule has 1 atom stereocenters. The molecule has 0 bridgehead atoms. The molecule has 1 aromatic rings. The first-order chi connectivity index (χ1) is 9.53. The van der Waals surface area contributed by atoms with E-state index < -0.39 is 0 Å². The summed E-state index contributed by atoms with van der Waals surface area (Å²) in [6.07, 6.45) is 4.68. The molecule has 1 saturated carbocycles. The Balaban J connectivity index is 1.49. The van der Waals surface area contributed by atoms with Gasteiger partial charge < -0.3 is 10.2 Å².